The molecule has 1 saturated carbocycles. The Labute approximate surface area is 145 Å². The van der Waals surface area contributed by atoms with Gasteiger partial charge in [0.25, 0.3) is 0 Å². The summed E-state index contributed by atoms with van der Waals surface area (Å²) in [6.07, 6.45) is 6.39. The van der Waals surface area contributed by atoms with Crippen LogP contribution in [0, 0.1) is 17.8 Å². The average molecular weight is 337 g/mol. The van der Waals surface area contributed by atoms with Gasteiger partial charge >= 0.3 is 5.97 Å². The Morgan fingerprint density at radius 1 is 1.08 bits per heavy atom. The van der Waals surface area contributed by atoms with Gasteiger partial charge in [-0.05, 0) is 36.8 Å². The normalized spacial score (nSPS) is 23.8. The zero-order chi connectivity index (χ0) is 17.4. The Hall–Kier alpha value is -2.82. The number of ether oxygens (including phenoxy) is 1. The fraction of sp³-hybridized carbons (Fsp3) is 0.300. The van der Waals surface area contributed by atoms with Gasteiger partial charge in [-0.2, -0.15) is 0 Å². The highest BCUT2D eigenvalue weighted by Gasteiger charge is 2.39. The summed E-state index contributed by atoms with van der Waals surface area (Å²) in [4.78, 5) is 23.4. The van der Waals surface area contributed by atoms with Gasteiger partial charge in [0.15, 0.2) is 6.61 Å². The Balaban J connectivity index is 1.60. The van der Waals surface area contributed by atoms with E-state index < -0.39 is 12.6 Å². The highest BCUT2D eigenvalue weighted by molar-refractivity contribution is 6.05. The van der Waals surface area contributed by atoms with E-state index in [-0.39, 0.29) is 11.8 Å². The number of carbonyl (C=O) groups is 2. The Morgan fingerprint density at radius 2 is 1.88 bits per heavy atom. The lowest BCUT2D eigenvalue weighted by Crippen LogP contribution is -2.26. The van der Waals surface area contributed by atoms with Gasteiger partial charge in [0.05, 0.1) is 0 Å². The molecule has 2 aliphatic carbocycles. The molecule has 0 aromatic heterocycles. The molecular weight excluding hydrogens is 318 g/mol. The minimum Gasteiger partial charge on any atom is -0.481 e. The summed E-state index contributed by atoms with van der Waals surface area (Å²) in [5, 5.41) is 13.5. The van der Waals surface area contributed by atoms with Crippen LogP contribution in [0.3, 0.4) is 0 Å². The fourth-order valence-corrected chi connectivity index (χ4v) is 3.95. The largest absolute Gasteiger partial charge is 0.481 e. The summed E-state index contributed by atoms with van der Waals surface area (Å²) in [7, 11) is 0. The van der Waals surface area contributed by atoms with Crippen molar-refractivity contribution in [3.05, 3.63) is 48.6 Å². The molecule has 5 nitrogen and oxygen atoms in total. The number of carboxylic acids is 1. The van der Waals surface area contributed by atoms with Gasteiger partial charge in [0, 0.05) is 22.4 Å². The first-order valence-electron chi connectivity index (χ1n) is 8.47. The van der Waals surface area contributed by atoms with E-state index in [1.165, 1.54) is 0 Å². The van der Waals surface area contributed by atoms with Gasteiger partial charge in [-0.3, -0.25) is 4.79 Å². The number of amides is 1. The van der Waals surface area contributed by atoms with E-state index in [4.69, 9.17) is 9.84 Å². The first kappa shape index (κ1) is 15.7. The lowest BCUT2D eigenvalue weighted by molar-refractivity contribution is -0.139. The number of fused-ring (bicyclic) bond motifs is 3. The molecule has 5 heteroatoms. The second kappa shape index (κ2) is 6.24. The molecular formula is C20H19NO4. The monoisotopic (exact) mass is 337 g/mol. The van der Waals surface area contributed by atoms with Gasteiger partial charge in [-0.25, -0.2) is 4.79 Å². The second-order valence-corrected chi connectivity index (χ2v) is 6.72. The fourth-order valence-electron chi connectivity index (χ4n) is 3.95. The van der Waals surface area contributed by atoms with Crippen LogP contribution in [0.25, 0.3) is 10.8 Å². The molecule has 0 radical (unpaired) electrons. The number of nitrogens with one attached hydrogen (secondary N) is 1. The predicted molar refractivity (Wildman–Crippen MR) is 94.6 cm³/mol. The summed E-state index contributed by atoms with van der Waals surface area (Å²) in [5.74, 6) is 0.473. The van der Waals surface area contributed by atoms with Crippen LogP contribution < -0.4 is 10.1 Å². The molecule has 3 atom stereocenters. The second-order valence-electron chi connectivity index (χ2n) is 6.72. The van der Waals surface area contributed by atoms with E-state index in [0.717, 1.165) is 29.3 Å². The maximum absolute atomic E-state index is 12.7. The maximum atomic E-state index is 12.7. The van der Waals surface area contributed by atoms with Crippen LogP contribution in [0.15, 0.2) is 48.6 Å². The molecule has 0 aliphatic heterocycles. The number of allylic oxidation sites excluding steroid dienone is 2. The van der Waals surface area contributed by atoms with Gasteiger partial charge < -0.3 is 15.2 Å². The maximum Gasteiger partial charge on any atom is 0.341 e. The first-order chi connectivity index (χ1) is 12.1. The standard InChI is InChI=1S/C20H19NO4/c22-19(23)11-25-18-8-7-17(14-3-1-2-4-15(14)18)21-20(24)16-10-12-5-6-13(16)9-12/h1-8,12-13,16H,9-11H2,(H,21,24)(H,22,23). The van der Waals surface area contributed by atoms with Crippen molar-refractivity contribution < 1.29 is 19.4 Å². The molecule has 2 aliphatic rings. The number of carboxylic acid groups (broad SMARTS) is 1. The minimum atomic E-state index is -1.02. The third-order valence-electron chi connectivity index (χ3n) is 5.11. The molecule has 25 heavy (non-hydrogen) atoms. The molecule has 0 saturated heterocycles. The third kappa shape index (κ3) is 2.97. The van der Waals surface area contributed by atoms with E-state index >= 15 is 0 Å². The zero-order valence-electron chi connectivity index (χ0n) is 13.6. The lowest BCUT2D eigenvalue weighted by Gasteiger charge is -2.19. The van der Waals surface area contributed by atoms with Crippen LogP contribution in [-0.4, -0.2) is 23.6 Å². The van der Waals surface area contributed by atoms with Crippen LogP contribution in [0.1, 0.15) is 12.8 Å². The van der Waals surface area contributed by atoms with Crippen LogP contribution in [0.5, 0.6) is 5.75 Å². The summed E-state index contributed by atoms with van der Waals surface area (Å²) in [6, 6.07) is 11.0. The van der Waals surface area contributed by atoms with Crippen molar-refractivity contribution in [1.82, 2.24) is 0 Å². The molecule has 1 amide bonds. The summed E-state index contributed by atoms with van der Waals surface area (Å²) < 4.78 is 5.36. The third-order valence-corrected chi connectivity index (χ3v) is 5.11. The van der Waals surface area contributed by atoms with E-state index in [2.05, 4.69) is 17.5 Å². The molecule has 2 aromatic carbocycles. The number of hydrogen-bond acceptors (Lipinski definition) is 3. The van der Waals surface area contributed by atoms with Gasteiger partial charge in [0.1, 0.15) is 5.75 Å². The quantitative estimate of drug-likeness (QED) is 0.819. The van der Waals surface area contributed by atoms with Crippen LogP contribution in [0.2, 0.25) is 0 Å². The summed E-state index contributed by atoms with van der Waals surface area (Å²) >= 11 is 0. The smallest absolute Gasteiger partial charge is 0.341 e. The minimum absolute atomic E-state index is 0.0386. The number of anilines is 1. The Bertz CT molecular complexity index is 873. The molecule has 0 heterocycles. The van der Waals surface area contributed by atoms with Crippen molar-refractivity contribution >= 4 is 28.3 Å². The van der Waals surface area contributed by atoms with E-state index in [1.54, 1.807) is 12.1 Å². The number of benzene rings is 2. The number of aliphatic carboxylic acids is 1. The molecule has 2 aromatic rings. The molecule has 1 fully saturated rings. The highest BCUT2D eigenvalue weighted by atomic mass is 16.5. The highest BCUT2D eigenvalue weighted by Crippen LogP contribution is 2.44. The molecule has 3 unspecified atom stereocenters. The lowest BCUT2D eigenvalue weighted by atomic mass is 9.92. The number of carbonyl (C=O) groups excluding carboxylic acids is 1. The van der Waals surface area contributed by atoms with Gasteiger partial charge in [0.2, 0.25) is 5.91 Å². The van der Waals surface area contributed by atoms with Crippen molar-refractivity contribution in [3.63, 3.8) is 0 Å². The molecule has 2 N–H and O–H groups in total. The van der Waals surface area contributed by atoms with Crippen molar-refractivity contribution in [1.29, 1.82) is 0 Å². The number of rotatable bonds is 5. The first-order valence-corrected chi connectivity index (χ1v) is 8.47. The summed E-state index contributed by atoms with van der Waals surface area (Å²) in [5.41, 5.74) is 0.732. The topological polar surface area (TPSA) is 75.6 Å². The van der Waals surface area contributed by atoms with E-state index in [1.807, 2.05) is 24.3 Å². The number of hydrogen-bond donors (Lipinski definition) is 2. The van der Waals surface area contributed by atoms with Crippen molar-refractivity contribution in [2.24, 2.45) is 17.8 Å². The van der Waals surface area contributed by atoms with E-state index in [9.17, 15) is 9.59 Å². The zero-order valence-corrected chi connectivity index (χ0v) is 13.6. The van der Waals surface area contributed by atoms with Crippen LogP contribution in [-0.2, 0) is 9.59 Å². The summed E-state index contributed by atoms with van der Waals surface area (Å²) in [6.45, 7) is -0.396. The van der Waals surface area contributed by atoms with Crippen molar-refractivity contribution in [2.45, 2.75) is 12.8 Å². The SMILES string of the molecule is O=C(O)COc1ccc(NC(=O)C2CC3C=CC2C3)c2ccccc12. The molecule has 128 valence electrons. The van der Waals surface area contributed by atoms with E-state index in [0.29, 0.717) is 17.6 Å². The van der Waals surface area contributed by atoms with Gasteiger partial charge in [-0.15, -0.1) is 0 Å². The molecule has 4 rings (SSSR count). The molecule has 2 bridgehead atoms. The van der Waals surface area contributed by atoms with Crippen molar-refractivity contribution in [3.8, 4) is 5.75 Å². The van der Waals surface area contributed by atoms with Crippen LogP contribution >= 0.6 is 0 Å². The Morgan fingerprint density at radius 3 is 2.56 bits per heavy atom. The average Bonchev–Trinajstić information content (AvgIpc) is 3.24. The van der Waals surface area contributed by atoms with Crippen LogP contribution in [0.4, 0.5) is 5.69 Å². The Kier molecular flexibility index (Phi) is 3.92. The van der Waals surface area contributed by atoms with Gasteiger partial charge in [-0.1, -0.05) is 36.4 Å². The molecule has 0 spiro atoms. The predicted octanol–water partition coefficient (Wildman–Crippen LogP) is 3.45. The van der Waals surface area contributed by atoms with Crippen molar-refractivity contribution in [2.75, 3.05) is 11.9 Å².